The molecule has 58 valence electrons. The van der Waals surface area contributed by atoms with Crippen LogP contribution in [0.15, 0.2) is 0 Å². The molecule has 4 heteroatoms. The Morgan fingerprint density at radius 3 is 2.90 bits per heavy atom. The molecule has 0 aliphatic carbocycles. The van der Waals surface area contributed by atoms with E-state index < -0.39 is 0 Å². The van der Waals surface area contributed by atoms with E-state index in [9.17, 15) is 0 Å². The van der Waals surface area contributed by atoms with Crippen LogP contribution in [0.1, 0.15) is 6.92 Å². The van der Waals surface area contributed by atoms with Gasteiger partial charge in [-0.2, -0.15) is 0 Å². The second-order valence-electron chi connectivity index (χ2n) is 2.51. The second-order valence-corrected chi connectivity index (χ2v) is 2.51. The van der Waals surface area contributed by atoms with Crippen LogP contribution in [-0.2, 0) is 4.74 Å². The predicted molar refractivity (Wildman–Crippen MR) is 38.9 cm³/mol. The molecule has 0 spiro atoms. The van der Waals surface area contributed by atoms with Crippen molar-refractivity contribution in [1.29, 1.82) is 5.41 Å². The Hall–Kier alpha value is -0.770. The first kappa shape index (κ1) is 7.34. The average Bonchev–Trinajstić information content (AvgIpc) is 1.88. The monoisotopic (exact) mass is 143 g/mol. The number of morpholine rings is 1. The van der Waals surface area contributed by atoms with Gasteiger partial charge in [-0.3, -0.25) is 5.41 Å². The molecule has 1 fully saturated rings. The molecule has 1 atom stereocenters. The maximum absolute atomic E-state index is 7.13. The third kappa shape index (κ3) is 1.60. The van der Waals surface area contributed by atoms with E-state index >= 15 is 0 Å². The van der Waals surface area contributed by atoms with Gasteiger partial charge in [0.15, 0.2) is 5.96 Å². The Morgan fingerprint density at radius 1 is 1.80 bits per heavy atom. The van der Waals surface area contributed by atoms with Gasteiger partial charge in [0.1, 0.15) is 0 Å². The SMILES string of the molecule is CC1CN(C(=N)N)CCO1. The fraction of sp³-hybridized carbons (Fsp3) is 0.833. The van der Waals surface area contributed by atoms with Crippen LogP contribution in [-0.4, -0.2) is 36.7 Å². The highest BCUT2D eigenvalue weighted by atomic mass is 16.5. The molecule has 0 saturated carbocycles. The van der Waals surface area contributed by atoms with Gasteiger partial charge in [0.25, 0.3) is 0 Å². The van der Waals surface area contributed by atoms with Crippen molar-refractivity contribution in [2.24, 2.45) is 5.73 Å². The third-order valence-electron chi connectivity index (χ3n) is 1.58. The molecule has 3 N–H and O–H groups in total. The van der Waals surface area contributed by atoms with Crippen molar-refractivity contribution in [3.63, 3.8) is 0 Å². The summed E-state index contributed by atoms with van der Waals surface area (Å²) in [6.07, 6.45) is 0.206. The molecule has 1 heterocycles. The molecule has 1 aliphatic heterocycles. The first-order chi connectivity index (χ1) is 4.70. The minimum absolute atomic E-state index is 0.148. The van der Waals surface area contributed by atoms with Gasteiger partial charge in [0, 0.05) is 13.1 Å². The fourth-order valence-corrected chi connectivity index (χ4v) is 1.04. The first-order valence-electron chi connectivity index (χ1n) is 3.40. The summed E-state index contributed by atoms with van der Waals surface area (Å²) in [4.78, 5) is 1.81. The van der Waals surface area contributed by atoms with E-state index in [1.165, 1.54) is 0 Å². The Kier molecular flexibility index (Phi) is 2.11. The summed E-state index contributed by atoms with van der Waals surface area (Å²) in [6, 6.07) is 0. The normalized spacial score (nSPS) is 26.5. The van der Waals surface area contributed by atoms with Crippen LogP contribution in [0.4, 0.5) is 0 Å². The van der Waals surface area contributed by atoms with E-state index in [-0.39, 0.29) is 12.1 Å². The summed E-state index contributed by atoms with van der Waals surface area (Å²) in [5, 5.41) is 7.13. The molecule has 1 saturated heterocycles. The third-order valence-corrected chi connectivity index (χ3v) is 1.58. The summed E-state index contributed by atoms with van der Waals surface area (Å²) in [6.45, 7) is 4.16. The Morgan fingerprint density at radius 2 is 2.50 bits per heavy atom. The molecule has 0 aromatic heterocycles. The van der Waals surface area contributed by atoms with Gasteiger partial charge in [0.2, 0.25) is 0 Å². The summed E-state index contributed by atoms with van der Waals surface area (Å²) in [5.74, 6) is 0.148. The number of guanidine groups is 1. The fourth-order valence-electron chi connectivity index (χ4n) is 1.04. The molecule has 1 aliphatic rings. The van der Waals surface area contributed by atoms with Gasteiger partial charge in [-0.15, -0.1) is 0 Å². The molecule has 0 radical (unpaired) electrons. The lowest BCUT2D eigenvalue weighted by molar-refractivity contribution is 0.00512. The van der Waals surface area contributed by atoms with Crippen molar-refractivity contribution in [2.75, 3.05) is 19.7 Å². The first-order valence-corrected chi connectivity index (χ1v) is 3.40. The van der Waals surface area contributed by atoms with Gasteiger partial charge in [0.05, 0.1) is 12.7 Å². The molecule has 0 bridgehead atoms. The van der Waals surface area contributed by atoms with Crippen LogP contribution >= 0.6 is 0 Å². The van der Waals surface area contributed by atoms with E-state index in [0.29, 0.717) is 6.61 Å². The lowest BCUT2D eigenvalue weighted by Crippen LogP contribution is -2.47. The van der Waals surface area contributed by atoms with Gasteiger partial charge in [-0.25, -0.2) is 0 Å². The van der Waals surface area contributed by atoms with E-state index in [4.69, 9.17) is 15.9 Å². The van der Waals surface area contributed by atoms with Gasteiger partial charge < -0.3 is 15.4 Å². The summed E-state index contributed by atoms with van der Waals surface area (Å²) in [5.41, 5.74) is 5.28. The minimum Gasteiger partial charge on any atom is -0.375 e. The number of hydrogen-bond donors (Lipinski definition) is 2. The van der Waals surface area contributed by atoms with E-state index in [1.54, 1.807) is 0 Å². The van der Waals surface area contributed by atoms with E-state index in [1.807, 2.05) is 11.8 Å². The van der Waals surface area contributed by atoms with Gasteiger partial charge in [-0.05, 0) is 6.92 Å². The molecule has 0 amide bonds. The Labute approximate surface area is 60.5 Å². The average molecular weight is 143 g/mol. The van der Waals surface area contributed by atoms with Crippen molar-refractivity contribution in [2.45, 2.75) is 13.0 Å². The van der Waals surface area contributed by atoms with Crippen molar-refractivity contribution >= 4 is 5.96 Å². The molecule has 1 rings (SSSR count). The number of hydrogen-bond acceptors (Lipinski definition) is 2. The molecule has 1 unspecified atom stereocenters. The summed E-state index contributed by atoms with van der Waals surface area (Å²) < 4.78 is 5.26. The number of nitrogens with two attached hydrogens (primary N) is 1. The molecule has 0 aromatic rings. The van der Waals surface area contributed by atoms with Gasteiger partial charge >= 0.3 is 0 Å². The highest BCUT2D eigenvalue weighted by Gasteiger charge is 2.16. The molecule has 4 nitrogen and oxygen atoms in total. The Bertz CT molecular complexity index is 137. The zero-order valence-electron chi connectivity index (χ0n) is 6.13. The van der Waals surface area contributed by atoms with Gasteiger partial charge in [-0.1, -0.05) is 0 Å². The van der Waals surface area contributed by atoms with Crippen LogP contribution in [0.3, 0.4) is 0 Å². The number of ether oxygens (including phenoxy) is 1. The lowest BCUT2D eigenvalue weighted by atomic mass is 10.3. The maximum Gasteiger partial charge on any atom is 0.188 e. The largest absolute Gasteiger partial charge is 0.375 e. The molecule has 0 aromatic carbocycles. The maximum atomic E-state index is 7.13. The van der Waals surface area contributed by atoms with E-state index in [2.05, 4.69) is 0 Å². The molecular formula is C6H13N3O. The zero-order valence-corrected chi connectivity index (χ0v) is 6.13. The topological polar surface area (TPSA) is 62.3 Å². The lowest BCUT2D eigenvalue weighted by Gasteiger charge is -2.31. The molecule has 10 heavy (non-hydrogen) atoms. The van der Waals surface area contributed by atoms with Crippen LogP contribution in [0.2, 0.25) is 0 Å². The van der Waals surface area contributed by atoms with E-state index in [0.717, 1.165) is 13.1 Å². The van der Waals surface area contributed by atoms with Crippen LogP contribution < -0.4 is 5.73 Å². The van der Waals surface area contributed by atoms with Crippen LogP contribution in [0.25, 0.3) is 0 Å². The highest BCUT2D eigenvalue weighted by Crippen LogP contribution is 2.02. The Balaban J connectivity index is 2.39. The van der Waals surface area contributed by atoms with Crippen molar-refractivity contribution in [1.82, 2.24) is 4.90 Å². The van der Waals surface area contributed by atoms with Crippen molar-refractivity contribution < 1.29 is 4.74 Å². The van der Waals surface area contributed by atoms with Crippen molar-refractivity contribution in [3.05, 3.63) is 0 Å². The second kappa shape index (κ2) is 2.88. The van der Waals surface area contributed by atoms with Crippen LogP contribution in [0.5, 0.6) is 0 Å². The standard InChI is InChI=1S/C6H13N3O/c1-5-4-9(6(7)8)2-3-10-5/h5H,2-4H2,1H3,(H3,7,8). The number of nitrogens with zero attached hydrogens (tertiary/aromatic N) is 1. The summed E-state index contributed by atoms with van der Waals surface area (Å²) in [7, 11) is 0. The quantitative estimate of drug-likeness (QED) is 0.358. The zero-order chi connectivity index (χ0) is 7.56. The minimum atomic E-state index is 0.148. The molecular weight excluding hydrogens is 130 g/mol. The number of rotatable bonds is 0. The van der Waals surface area contributed by atoms with Crippen molar-refractivity contribution in [3.8, 4) is 0 Å². The number of nitrogens with one attached hydrogen (secondary N) is 1. The van der Waals surface area contributed by atoms with Crippen LogP contribution in [0, 0.1) is 5.41 Å². The highest BCUT2D eigenvalue weighted by molar-refractivity contribution is 5.74. The smallest absolute Gasteiger partial charge is 0.188 e. The predicted octanol–water partition coefficient (Wildman–Crippen LogP) is -0.399. The summed E-state index contributed by atoms with van der Waals surface area (Å²) >= 11 is 0.